The number of nitrogens with zero attached hydrogens (tertiary/aromatic N) is 4. The third kappa shape index (κ3) is 5.27. The van der Waals surface area contributed by atoms with Crippen LogP contribution in [-0.2, 0) is 11.3 Å². The summed E-state index contributed by atoms with van der Waals surface area (Å²) in [5, 5.41) is 6.55. The zero-order chi connectivity index (χ0) is 23.7. The number of thiazole rings is 1. The third-order valence-corrected chi connectivity index (χ3v) is 7.14. The number of hydrogen-bond donors (Lipinski definition) is 0. The van der Waals surface area contributed by atoms with E-state index < -0.39 is 0 Å². The average molecular weight is 524 g/mol. The van der Waals surface area contributed by atoms with Gasteiger partial charge in [0.1, 0.15) is 5.75 Å². The van der Waals surface area contributed by atoms with E-state index in [0.717, 1.165) is 27.2 Å². The van der Waals surface area contributed by atoms with Crippen LogP contribution in [0.25, 0.3) is 10.2 Å². The summed E-state index contributed by atoms with van der Waals surface area (Å²) in [7, 11) is 0. The Hall–Kier alpha value is -2.32. The lowest BCUT2D eigenvalue weighted by Gasteiger charge is -2.20. The van der Waals surface area contributed by atoms with Gasteiger partial charge in [0.15, 0.2) is 11.7 Å². The number of hydrogen-bond acceptors (Lipinski definition) is 5. The van der Waals surface area contributed by atoms with Crippen molar-refractivity contribution in [3.63, 3.8) is 0 Å². The van der Waals surface area contributed by atoms with E-state index in [4.69, 9.17) is 44.5 Å². The number of aromatic nitrogens is 3. The normalized spacial score (nSPS) is 11.2. The number of halogens is 3. The zero-order valence-electron chi connectivity index (χ0n) is 18.2. The van der Waals surface area contributed by atoms with E-state index in [0.29, 0.717) is 39.0 Å². The molecule has 0 bridgehead atoms. The number of fused-ring (bicyclic) bond motifs is 1. The molecule has 6 nitrogen and oxygen atoms in total. The van der Waals surface area contributed by atoms with Gasteiger partial charge in [-0.25, -0.2) is 4.98 Å². The van der Waals surface area contributed by atoms with Gasteiger partial charge in [0, 0.05) is 22.3 Å². The Morgan fingerprint density at radius 3 is 2.58 bits per heavy atom. The Labute approximate surface area is 210 Å². The molecular formula is C23H21Cl3N4O2S. The highest BCUT2D eigenvalue weighted by Crippen LogP contribution is 2.34. The summed E-state index contributed by atoms with van der Waals surface area (Å²) in [6.07, 6.45) is 0. The number of anilines is 1. The van der Waals surface area contributed by atoms with Crippen LogP contribution in [0.5, 0.6) is 5.75 Å². The Bertz CT molecular complexity index is 1330. The van der Waals surface area contributed by atoms with E-state index in [9.17, 15) is 4.79 Å². The summed E-state index contributed by atoms with van der Waals surface area (Å²) in [6, 6.07) is 10.6. The highest BCUT2D eigenvalue weighted by Gasteiger charge is 2.22. The van der Waals surface area contributed by atoms with Crippen LogP contribution >= 0.6 is 46.1 Å². The predicted octanol–water partition coefficient (Wildman–Crippen LogP) is 6.49. The maximum Gasteiger partial charge on any atom is 0.266 e. The van der Waals surface area contributed by atoms with Gasteiger partial charge in [-0.15, -0.1) is 0 Å². The standard InChI is InChI=1S/C23H21Cl3N4O2S/c1-13-10-14(2)30(28-13)9-8-29(21(31)12-32-19-6-4-16(24)11-18(19)26)23-27-22-15(3)17(25)5-7-20(22)33-23/h4-7,10-11H,8-9,12H2,1-3H3. The minimum absolute atomic E-state index is 0.200. The van der Waals surface area contributed by atoms with Crippen molar-refractivity contribution in [2.75, 3.05) is 18.1 Å². The van der Waals surface area contributed by atoms with Crippen LogP contribution < -0.4 is 9.64 Å². The van der Waals surface area contributed by atoms with Crippen LogP contribution in [0.4, 0.5) is 5.13 Å². The van der Waals surface area contributed by atoms with Crippen molar-refractivity contribution < 1.29 is 9.53 Å². The summed E-state index contributed by atoms with van der Waals surface area (Å²) in [6.45, 7) is 6.54. The van der Waals surface area contributed by atoms with Crippen molar-refractivity contribution in [2.24, 2.45) is 0 Å². The second-order valence-electron chi connectivity index (χ2n) is 7.57. The second-order valence-corrected chi connectivity index (χ2v) is 9.83. The van der Waals surface area contributed by atoms with Crippen molar-refractivity contribution in [3.05, 3.63) is 68.4 Å². The van der Waals surface area contributed by atoms with Gasteiger partial charge in [-0.2, -0.15) is 5.10 Å². The van der Waals surface area contributed by atoms with Crippen LogP contribution in [0.3, 0.4) is 0 Å². The first-order chi connectivity index (χ1) is 15.7. The largest absolute Gasteiger partial charge is 0.482 e. The first-order valence-corrected chi connectivity index (χ1v) is 12.1. The number of carbonyl (C=O) groups is 1. The molecule has 0 aliphatic carbocycles. The predicted molar refractivity (Wildman–Crippen MR) is 135 cm³/mol. The van der Waals surface area contributed by atoms with E-state index >= 15 is 0 Å². The first-order valence-electron chi connectivity index (χ1n) is 10.2. The second kappa shape index (κ2) is 9.89. The molecule has 33 heavy (non-hydrogen) atoms. The summed E-state index contributed by atoms with van der Waals surface area (Å²) >= 11 is 19.8. The van der Waals surface area contributed by atoms with E-state index in [-0.39, 0.29) is 12.5 Å². The monoisotopic (exact) mass is 522 g/mol. The van der Waals surface area contributed by atoms with Gasteiger partial charge in [-0.05, 0) is 62.7 Å². The Kier molecular flexibility index (Phi) is 7.14. The lowest BCUT2D eigenvalue weighted by Crippen LogP contribution is -2.37. The molecule has 0 aliphatic rings. The van der Waals surface area contributed by atoms with Crippen molar-refractivity contribution in [2.45, 2.75) is 27.3 Å². The van der Waals surface area contributed by atoms with Crippen molar-refractivity contribution in [1.29, 1.82) is 0 Å². The van der Waals surface area contributed by atoms with Crippen LogP contribution in [-0.4, -0.2) is 33.8 Å². The highest BCUT2D eigenvalue weighted by molar-refractivity contribution is 7.22. The molecule has 1 amide bonds. The lowest BCUT2D eigenvalue weighted by atomic mass is 10.2. The third-order valence-electron chi connectivity index (χ3n) is 5.15. The fourth-order valence-corrected chi connectivity index (χ4v) is 5.12. The molecule has 0 unspecified atom stereocenters. The maximum absolute atomic E-state index is 13.3. The molecule has 0 atom stereocenters. The van der Waals surface area contributed by atoms with Gasteiger partial charge < -0.3 is 4.74 Å². The highest BCUT2D eigenvalue weighted by atomic mass is 35.5. The van der Waals surface area contributed by atoms with Crippen LogP contribution in [0.1, 0.15) is 17.0 Å². The molecule has 0 fully saturated rings. The number of rotatable bonds is 7. The summed E-state index contributed by atoms with van der Waals surface area (Å²) in [4.78, 5) is 19.6. The number of carbonyl (C=O) groups excluding carboxylic acids is 1. The quantitative estimate of drug-likeness (QED) is 0.278. The fourth-order valence-electron chi connectivity index (χ4n) is 3.44. The van der Waals surface area contributed by atoms with E-state index in [1.54, 1.807) is 23.1 Å². The van der Waals surface area contributed by atoms with Gasteiger partial charge in [-0.1, -0.05) is 46.1 Å². The summed E-state index contributed by atoms with van der Waals surface area (Å²) < 4.78 is 8.54. The molecule has 4 rings (SSSR count). The van der Waals surface area contributed by atoms with Crippen LogP contribution in [0.15, 0.2) is 36.4 Å². The molecule has 2 aromatic heterocycles. The minimum Gasteiger partial charge on any atom is -0.482 e. The molecule has 0 saturated heterocycles. The van der Waals surface area contributed by atoms with E-state index in [1.165, 1.54) is 11.3 Å². The molecule has 2 aromatic carbocycles. The van der Waals surface area contributed by atoms with Crippen LogP contribution in [0.2, 0.25) is 15.1 Å². The molecule has 0 saturated carbocycles. The van der Waals surface area contributed by atoms with Crippen molar-refractivity contribution >= 4 is 67.4 Å². The van der Waals surface area contributed by atoms with Crippen molar-refractivity contribution in [3.8, 4) is 5.75 Å². The molecule has 0 aliphatic heterocycles. The number of aryl methyl sites for hydroxylation is 3. The van der Waals surface area contributed by atoms with Crippen molar-refractivity contribution in [1.82, 2.24) is 14.8 Å². The van der Waals surface area contributed by atoms with E-state index in [1.807, 2.05) is 43.7 Å². The molecule has 0 radical (unpaired) electrons. The summed E-state index contributed by atoms with van der Waals surface area (Å²) in [5.41, 5.74) is 3.62. The molecule has 4 aromatic rings. The average Bonchev–Trinajstić information content (AvgIpc) is 3.33. The lowest BCUT2D eigenvalue weighted by molar-refractivity contribution is -0.120. The van der Waals surface area contributed by atoms with Gasteiger partial charge in [0.2, 0.25) is 0 Å². The first kappa shape index (κ1) is 23.8. The minimum atomic E-state index is -0.245. The SMILES string of the molecule is Cc1cc(C)n(CCN(C(=O)COc2ccc(Cl)cc2Cl)c2nc3c(C)c(Cl)ccc3s2)n1. The number of ether oxygens (including phenoxy) is 1. The van der Waals surface area contributed by atoms with E-state index in [2.05, 4.69) is 5.10 Å². The zero-order valence-corrected chi connectivity index (χ0v) is 21.3. The number of amides is 1. The molecule has 10 heteroatoms. The maximum atomic E-state index is 13.3. The summed E-state index contributed by atoms with van der Waals surface area (Å²) in [5.74, 6) is 0.144. The van der Waals surface area contributed by atoms with Crippen LogP contribution in [0, 0.1) is 20.8 Å². The van der Waals surface area contributed by atoms with Gasteiger partial charge in [0.05, 0.1) is 27.5 Å². The van der Waals surface area contributed by atoms with Gasteiger partial charge >= 0.3 is 0 Å². The Morgan fingerprint density at radius 1 is 1.09 bits per heavy atom. The Balaban J connectivity index is 1.61. The number of benzene rings is 2. The molecule has 2 heterocycles. The Morgan fingerprint density at radius 2 is 1.88 bits per heavy atom. The molecule has 0 spiro atoms. The molecule has 172 valence electrons. The topological polar surface area (TPSA) is 60.2 Å². The molecule has 0 N–H and O–H groups in total. The smallest absolute Gasteiger partial charge is 0.266 e. The van der Waals surface area contributed by atoms with Gasteiger partial charge in [-0.3, -0.25) is 14.4 Å². The fraction of sp³-hybridized carbons (Fsp3) is 0.261. The van der Waals surface area contributed by atoms with Gasteiger partial charge in [0.25, 0.3) is 5.91 Å². The molecular weight excluding hydrogens is 503 g/mol.